The van der Waals surface area contributed by atoms with Crippen LogP contribution in [0.25, 0.3) is 0 Å². The lowest BCUT2D eigenvalue weighted by molar-refractivity contribution is -0.114. The van der Waals surface area contributed by atoms with Crippen molar-refractivity contribution < 1.29 is 13.2 Å². The second-order valence-corrected chi connectivity index (χ2v) is 10.0. The smallest absolute Gasteiger partial charge is 0.264 e. The molecular formula is C23H22Cl2N2O3S. The van der Waals surface area contributed by atoms with Crippen molar-refractivity contribution >= 4 is 50.5 Å². The van der Waals surface area contributed by atoms with E-state index in [9.17, 15) is 13.2 Å². The van der Waals surface area contributed by atoms with Crippen molar-refractivity contribution in [3.8, 4) is 0 Å². The molecule has 162 valence electrons. The number of carbonyl (C=O) groups excluding carboxylic acids is 1. The maximum Gasteiger partial charge on any atom is 0.264 e. The zero-order valence-corrected chi connectivity index (χ0v) is 19.6. The number of benzene rings is 3. The Kier molecular flexibility index (Phi) is 6.94. The third-order valence-electron chi connectivity index (χ3n) is 4.78. The Morgan fingerprint density at radius 3 is 2.00 bits per heavy atom. The molecule has 0 atom stereocenters. The van der Waals surface area contributed by atoms with Gasteiger partial charge in [0.1, 0.15) is 6.54 Å². The summed E-state index contributed by atoms with van der Waals surface area (Å²) in [5, 5.41) is 3.36. The van der Waals surface area contributed by atoms with Crippen LogP contribution in [0.3, 0.4) is 0 Å². The Morgan fingerprint density at radius 2 is 1.45 bits per heavy atom. The van der Waals surface area contributed by atoms with E-state index in [2.05, 4.69) is 5.32 Å². The van der Waals surface area contributed by atoms with Crippen LogP contribution in [0.15, 0.2) is 65.6 Å². The van der Waals surface area contributed by atoms with Crippen molar-refractivity contribution in [1.82, 2.24) is 0 Å². The van der Waals surface area contributed by atoms with E-state index in [0.717, 1.165) is 21.0 Å². The number of aryl methyl sites for hydroxylation is 3. The summed E-state index contributed by atoms with van der Waals surface area (Å²) >= 11 is 12.2. The molecule has 0 radical (unpaired) electrons. The van der Waals surface area contributed by atoms with E-state index in [1.807, 2.05) is 39.0 Å². The van der Waals surface area contributed by atoms with E-state index in [4.69, 9.17) is 23.2 Å². The van der Waals surface area contributed by atoms with Gasteiger partial charge in [-0.2, -0.15) is 0 Å². The summed E-state index contributed by atoms with van der Waals surface area (Å²) in [6, 6.07) is 16.5. The quantitative estimate of drug-likeness (QED) is 0.492. The molecule has 0 unspecified atom stereocenters. The van der Waals surface area contributed by atoms with E-state index in [-0.39, 0.29) is 20.6 Å². The van der Waals surface area contributed by atoms with E-state index in [1.54, 1.807) is 12.1 Å². The lowest BCUT2D eigenvalue weighted by atomic mass is 10.1. The van der Waals surface area contributed by atoms with E-state index in [1.165, 1.54) is 30.3 Å². The molecule has 0 aliphatic carbocycles. The monoisotopic (exact) mass is 476 g/mol. The topological polar surface area (TPSA) is 66.5 Å². The van der Waals surface area contributed by atoms with Gasteiger partial charge in [0.15, 0.2) is 0 Å². The fraction of sp³-hybridized carbons (Fsp3) is 0.174. The molecule has 3 aromatic carbocycles. The van der Waals surface area contributed by atoms with Gasteiger partial charge in [-0.05, 0) is 62.2 Å². The van der Waals surface area contributed by atoms with Crippen molar-refractivity contribution in [3.63, 3.8) is 0 Å². The van der Waals surface area contributed by atoms with Crippen LogP contribution in [-0.4, -0.2) is 20.9 Å². The van der Waals surface area contributed by atoms with Gasteiger partial charge in [-0.1, -0.05) is 59.1 Å². The van der Waals surface area contributed by atoms with E-state index in [0.29, 0.717) is 5.69 Å². The number of nitrogens with one attached hydrogen (secondary N) is 1. The lowest BCUT2D eigenvalue weighted by Gasteiger charge is -2.25. The molecule has 0 aromatic heterocycles. The van der Waals surface area contributed by atoms with Gasteiger partial charge >= 0.3 is 0 Å². The summed E-state index contributed by atoms with van der Waals surface area (Å²) in [7, 11) is -4.06. The van der Waals surface area contributed by atoms with Gasteiger partial charge in [-0.3, -0.25) is 9.10 Å². The first-order valence-electron chi connectivity index (χ1n) is 9.49. The molecule has 8 heteroatoms. The minimum Gasteiger partial charge on any atom is -0.324 e. The zero-order valence-electron chi connectivity index (χ0n) is 17.3. The normalized spacial score (nSPS) is 11.3. The van der Waals surface area contributed by atoms with E-state index >= 15 is 0 Å². The van der Waals surface area contributed by atoms with Gasteiger partial charge in [0, 0.05) is 15.7 Å². The largest absolute Gasteiger partial charge is 0.324 e. The summed E-state index contributed by atoms with van der Waals surface area (Å²) in [5.41, 5.74) is 3.54. The van der Waals surface area contributed by atoms with Gasteiger partial charge in [-0.15, -0.1) is 0 Å². The predicted octanol–water partition coefficient (Wildman–Crippen LogP) is 5.75. The minimum atomic E-state index is -4.06. The van der Waals surface area contributed by atoms with E-state index < -0.39 is 22.5 Å². The molecule has 0 saturated heterocycles. The maximum absolute atomic E-state index is 13.4. The van der Waals surface area contributed by atoms with Crippen LogP contribution in [0.2, 0.25) is 10.0 Å². The highest BCUT2D eigenvalue weighted by Gasteiger charge is 2.28. The Balaban J connectivity index is 2.02. The van der Waals surface area contributed by atoms with Crippen LogP contribution >= 0.6 is 23.2 Å². The third kappa shape index (κ3) is 5.39. The fourth-order valence-electron chi connectivity index (χ4n) is 3.16. The molecule has 0 bridgehead atoms. The summed E-state index contributed by atoms with van der Waals surface area (Å²) in [6.07, 6.45) is 0. The Morgan fingerprint density at radius 1 is 0.903 bits per heavy atom. The van der Waals surface area contributed by atoms with Gasteiger partial charge in [0.25, 0.3) is 10.0 Å². The SMILES string of the molecule is Cc1ccc(S(=O)(=O)N(CC(=O)Nc2c(C)cccc2C)c2cc(Cl)cc(Cl)c2)cc1. The van der Waals surface area contributed by atoms with Crippen LogP contribution < -0.4 is 9.62 Å². The van der Waals surface area contributed by atoms with Crippen LogP contribution in [0, 0.1) is 20.8 Å². The van der Waals surface area contributed by atoms with Crippen LogP contribution in [-0.2, 0) is 14.8 Å². The number of para-hydroxylation sites is 1. The zero-order chi connectivity index (χ0) is 22.8. The number of carbonyl (C=O) groups is 1. The molecule has 0 saturated carbocycles. The van der Waals surface area contributed by atoms with Gasteiger partial charge < -0.3 is 5.32 Å². The van der Waals surface area contributed by atoms with Crippen molar-refractivity contribution in [1.29, 1.82) is 0 Å². The Hall–Kier alpha value is -2.54. The van der Waals surface area contributed by atoms with Crippen molar-refractivity contribution in [2.45, 2.75) is 25.7 Å². The standard InChI is InChI=1S/C23H22Cl2N2O3S/c1-15-7-9-21(10-8-15)31(29,30)27(20-12-18(24)11-19(25)13-20)14-22(28)26-23-16(2)5-4-6-17(23)3/h4-13H,14H2,1-3H3,(H,26,28). The summed E-state index contributed by atoms with van der Waals surface area (Å²) < 4.78 is 27.9. The number of halogens is 2. The number of hydrogen-bond acceptors (Lipinski definition) is 3. The number of sulfonamides is 1. The van der Waals surface area contributed by atoms with Crippen molar-refractivity contribution in [3.05, 3.63) is 87.4 Å². The maximum atomic E-state index is 13.4. The molecule has 0 fully saturated rings. The summed E-state index contributed by atoms with van der Waals surface area (Å²) in [4.78, 5) is 13.0. The number of rotatable bonds is 6. The minimum absolute atomic E-state index is 0.0640. The summed E-state index contributed by atoms with van der Waals surface area (Å²) in [6.45, 7) is 5.17. The van der Waals surface area contributed by atoms with Crippen LogP contribution in [0.4, 0.5) is 11.4 Å². The average molecular weight is 477 g/mol. The van der Waals surface area contributed by atoms with Crippen molar-refractivity contribution in [2.24, 2.45) is 0 Å². The number of hydrogen-bond donors (Lipinski definition) is 1. The molecule has 1 N–H and O–H groups in total. The predicted molar refractivity (Wildman–Crippen MR) is 127 cm³/mol. The molecule has 0 aliphatic heterocycles. The molecule has 31 heavy (non-hydrogen) atoms. The molecule has 0 spiro atoms. The molecule has 1 amide bonds. The van der Waals surface area contributed by atoms with Gasteiger partial charge in [0.2, 0.25) is 5.91 Å². The van der Waals surface area contributed by atoms with Gasteiger partial charge in [0.05, 0.1) is 10.6 Å². The summed E-state index contributed by atoms with van der Waals surface area (Å²) in [5.74, 6) is -0.482. The first-order chi connectivity index (χ1) is 14.6. The highest BCUT2D eigenvalue weighted by molar-refractivity contribution is 7.92. The first-order valence-corrected chi connectivity index (χ1v) is 11.7. The Labute approximate surface area is 192 Å². The molecular weight excluding hydrogens is 455 g/mol. The highest BCUT2D eigenvalue weighted by atomic mass is 35.5. The van der Waals surface area contributed by atoms with Crippen LogP contribution in [0.1, 0.15) is 16.7 Å². The van der Waals surface area contributed by atoms with Gasteiger partial charge in [-0.25, -0.2) is 8.42 Å². The Bertz CT molecular complexity index is 1190. The average Bonchev–Trinajstić information content (AvgIpc) is 2.68. The molecule has 3 rings (SSSR count). The fourth-order valence-corrected chi connectivity index (χ4v) is 5.08. The number of anilines is 2. The first kappa shape index (κ1) is 23.1. The number of amides is 1. The highest BCUT2D eigenvalue weighted by Crippen LogP contribution is 2.30. The second kappa shape index (κ2) is 9.30. The molecule has 0 heterocycles. The lowest BCUT2D eigenvalue weighted by Crippen LogP contribution is -2.38. The molecule has 5 nitrogen and oxygen atoms in total. The molecule has 3 aromatic rings. The second-order valence-electron chi connectivity index (χ2n) is 7.27. The van der Waals surface area contributed by atoms with Crippen molar-refractivity contribution in [2.75, 3.05) is 16.2 Å². The number of nitrogens with zero attached hydrogens (tertiary/aromatic N) is 1. The van der Waals surface area contributed by atoms with Crippen LogP contribution in [0.5, 0.6) is 0 Å². The molecule has 0 aliphatic rings. The third-order valence-corrected chi connectivity index (χ3v) is 7.00.